The van der Waals surface area contributed by atoms with E-state index in [0.717, 1.165) is 38.5 Å². The van der Waals surface area contributed by atoms with E-state index in [1.807, 2.05) is 12.2 Å². The molecule has 0 aromatic carbocycles. The third-order valence-corrected chi connectivity index (χ3v) is 6.64. The maximum absolute atomic E-state index is 12.1. The van der Waals surface area contributed by atoms with Crippen molar-refractivity contribution in [2.75, 3.05) is 13.2 Å². The van der Waals surface area contributed by atoms with Gasteiger partial charge in [-0.05, 0) is 51.4 Å². The molecule has 0 aromatic rings. The van der Waals surface area contributed by atoms with Crippen LogP contribution < -0.4 is 0 Å². The molecule has 0 rings (SSSR count). The molecule has 0 aromatic heterocycles. The topological polar surface area (TPSA) is 113 Å². The van der Waals surface area contributed by atoms with E-state index in [9.17, 15) is 24.9 Å². The summed E-state index contributed by atoms with van der Waals surface area (Å²) >= 11 is 0. The molecule has 0 saturated heterocycles. The average Bonchev–Trinajstić information content (AvgIpc) is 2.95. The van der Waals surface area contributed by atoms with Gasteiger partial charge in [0.15, 0.2) is 6.10 Å². The van der Waals surface area contributed by atoms with Gasteiger partial charge in [-0.2, -0.15) is 0 Å². The first-order chi connectivity index (χ1) is 19.4. The normalized spacial score (nSPS) is 14.2. The van der Waals surface area contributed by atoms with Crippen LogP contribution in [0.3, 0.4) is 0 Å². The number of aliphatic hydroxyl groups is 3. The Morgan fingerprint density at radius 2 is 1.25 bits per heavy atom. The summed E-state index contributed by atoms with van der Waals surface area (Å²) in [6.45, 7) is 3.78. The third kappa shape index (κ3) is 25.0. The number of unbranched alkanes of at least 4 members (excludes halogenated alkanes) is 9. The standard InChI is InChI=1S/C33H58O7/c1-3-5-7-9-11-12-13-14-15-17-18-20-23-30(35)31(36)24-22-26-33(38)40-29(27-34)28-39-32(37)25-21-19-16-10-8-6-4-2/h11-12,14-15,18,20,29-31,34-36H,3-10,13,16-17,19,21-28H2,1-2H3/b12-11-,15-14-,20-18-/t29-,30?,31?/m0/s1. The first-order valence-corrected chi connectivity index (χ1v) is 15.7. The zero-order valence-corrected chi connectivity index (χ0v) is 25.3. The van der Waals surface area contributed by atoms with E-state index in [0.29, 0.717) is 19.3 Å². The van der Waals surface area contributed by atoms with Crippen LogP contribution in [0, 0.1) is 0 Å². The van der Waals surface area contributed by atoms with E-state index in [4.69, 9.17) is 9.47 Å². The quantitative estimate of drug-likeness (QED) is 0.0564. The molecule has 3 N–H and O–H groups in total. The molecule has 0 aliphatic carbocycles. The van der Waals surface area contributed by atoms with Crippen molar-refractivity contribution < 1.29 is 34.4 Å². The number of esters is 2. The van der Waals surface area contributed by atoms with E-state index < -0.39 is 30.9 Å². The van der Waals surface area contributed by atoms with Crippen LogP contribution >= 0.6 is 0 Å². The smallest absolute Gasteiger partial charge is 0.306 e. The Bertz CT molecular complexity index is 686. The molecule has 0 radical (unpaired) electrons. The van der Waals surface area contributed by atoms with Crippen molar-refractivity contribution in [1.82, 2.24) is 0 Å². The molecule has 7 heteroatoms. The van der Waals surface area contributed by atoms with Gasteiger partial charge >= 0.3 is 11.9 Å². The van der Waals surface area contributed by atoms with Gasteiger partial charge in [0.1, 0.15) is 6.61 Å². The molecule has 40 heavy (non-hydrogen) atoms. The first kappa shape index (κ1) is 38.0. The Morgan fingerprint density at radius 3 is 1.93 bits per heavy atom. The van der Waals surface area contributed by atoms with E-state index in [2.05, 4.69) is 38.2 Å². The fourth-order valence-electron chi connectivity index (χ4n) is 4.07. The minimum Gasteiger partial charge on any atom is -0.462 e. The Hall–Kier alpha value is -1.96. The maximum atomic E-state index is 12.1. The lowest BCUT2D eigenvalue weighted by Gasteiger charge is -2.17. The molecule has 0 bridgehead atoms. The maximum Gasteiger partial charge on any atom is 0.306 e. The van der Waals surface area contributed by atoms with Crippen molar-refractivity contribution in [3.05, 3.63) is 36.5 Å². The number of hydrogen-bond acceptors (Lipinski definition) is 7. The molecule has 0 spiro atoms. The summed E-state index contributed by atoms with van der Waals surface area (Å²) in [5.41, 5.74) is 0. The zero-order chi connectivity index (χ0) is 29.7. The van der Waals surface area contributed by atoms with Crippen molar-refractivity contribution in [2.24, 2.45) is 0 Å². The minimum atomic E-state index is -0.938. The summed E-state index contributed by atoms with van der Waals surface area (Å²) in [7, 11) is 0. The van der Waals surface area contributed by atoms with Crippen molar-refractivity contribution in [3.8, 4) is 0 Å². The second-order valence-electron chi connectivity index (χ2n) is 10.5. The van der Waals surface area contributed by atoms with Crippen molar-refractivity contribution >= 4 is 11.9 Å². The third-order valence-electron chi connectivity index (χ3n) is 6.64. The van der Waals surface area contributed by atoms with Crippen molar-refractivity contribution in [1.29, 1.82) is 0 Å². The van der Waals surface area contributed by atoms with Crippen LogP contribution in [0.15, 0.2) is 36.5 Å². The number of rotatable bonds is 27. The van der Waals surface area contributed by atoms with Gasteiger partial charge in [0.25, 0.3) is 0 Å². The van der Waals surface area contributed by atoms with Gasteiger partial charge in [0, 0.05) is 12.8 Å². The number of carbonyl (C=O) groups excluding carboxylic acids is 2. The number of hydrogen-bond donors (Lipinski definition) is 3. The molecule has 0 amide bonds. The number of carbonyl (C=O) groups is 2. The summed E-state index contributed by atoms with van der Waals surface area (Å²) in [6, 6.07) is 0. The molecule has 0 fully saturated rings. The monoisotopic (exact) mass is 566 g/mol. The van der Waals surface area contributed by atoms with Crippen LogP contribution in [-0.2, 0) is 19.1 Å². The second-order valence-corrected chi connectivity index (χ2v) is 10.5. The molecule has 7 nitrogen and oxygen atoms in total. The lowest BCUT2D eigenvalue weighted by molar-refractivity contribution is -0.161. The lowest BCUT2D eigenvalue weighted by atomic mass is 10.0. The lowest BCUT2D eigenvalue weighted by Crippen LogP contribution is -2.29. The van der Waals surface area contributed by atoms with E-state index >= 15 is 0 Å². The van der Waals surface area contributed by atoms with E-state index in [-0.39, 0.29) is 25.4 Å². The second kappa shape index (κ2) is 28.6. The van der Waals surface area contributed by atoms with Crippen LogP contribution in [-0.4, -0.2) is 58.8 Å². The molecule has 2 unspecified atom stereocenters. The Kier molecular flexibility index (Phi) is 27.2. The highest BCUT2D eigenvalue weighted by Gasteiger charge is 2.18. The van der Waals surface area contributed by atoms with Gasteiger partial charge in [-0.1, -0.05) is 102 Å². The van der Waals surface area contributed by atoms with Crippen LogP contribution in [0.1, 0.15) is 129 Å². The Labute approximate surface area is 243 Å². The van der Waals surface area contributed by atoms with Gasteiger partial charge in [0.2, 0.25) is 0 Å². The molecule has 0 saturated carbocycles. The van der Waals surface area contributed by atoms with Crippen LogP contribution in [0.4, 0.5) is 0 Å². The van der Waals surface area contributed by atoms with Gasteiger partial charge in [0.05, 0.1) is 18.8 Å². The van der Waals surface area contributed by atoms with Gasteiger partial charge in [-0.15, -0.1) is 0 Å². The fourth-order valence-corrected chi connectivity index (χ4v) is 4.07. The summed E-state index contributed by atoms with van der Waals surface area (Å²) < 4.78 is 10.3. The van der Waals surface area contributed by atoms with Crippen LogP contribution in [0.5, 0.6) is 0 Å². The Morgan fingerprint density at radius 1 is 0.675 bits per heavy atom. The van der Waals surface area contributed by atoms with E-state index in [1.54, 1.807) is 0 Å². The SMILES string of the molecule is CCCCC/C=C\C/C=C\C/C=C\CC(O)C(O)CCCC(=O)O[C@@H](CO)COC(=O)CCCCCCCCC. The first-order valence-electron chi connectivity index (χ1n) is 15.7. The highest BCUT2D eigenvalue weighted by atomic mass is 16.6. The minimum absolute atomic E-state index is 0.0416. The fraction of sp³-hybridized carbons (Fsp3) is 0.758. The van der Waals surface area contributed by atoms with Gasteiger partial charge < -0.3 is 24.8 Å². The highest BCUT2D eigenvalue weighted by molar-refractivity contribution is 5.70. The molecule has 0 aliphatic heterocycles. The average molecular weight is 567 g/mol. The molecule has 0 aliphatic rings. The predicted molar refractivity (Wildman–Crippen MR) is 162 cm³/mol. The highest BCUT2D eigenvalue weighted by Crippen LogP contribution is 2.11. The number of allylic oxidation sites excluding steroid dienone is 5. The molecule has 232 valence electrons. The van der Waals surface area contributed by atoms with E-state index in [1.165, 1.54) is 44.9 Å². The van der Waals surface area contributed by atoms with Crippen molar-refractivity contribution in [3.63, 3.8) is 0 Å². The molecular formula is C33H58O7. The molecule has 0 heterocycles. The van der Waals surface area contributed by atoms with Crippen LogP contribution in [0.2, 0.25) is 0 Å². The van der Waals surface area contributed by atoms with Crippen LogP contribution in [0.25, 0.3) is 0 Å². The number of ether oxygens (including phenoxy) is 2. The molecule has 3 atom stereocenters. The summed E-state index contributed by atoms with van der Waals surface area (Å²) in [5, 5.41) is 29.8. The summed E-state index contributed by atoms with van der Waals surface area (Å²) in [6.07, 6.45) is 25.4. The van der Waals surface area contributed by atoms with Gasteiger partial charge in [-0.3, -0.25) is 9.59 Å². The predicted octanol–water partition coefficient (Wildman–Crippen LogP) is 6.89. The van der Waals surface area contributed by atoms with Gasteiger partial charge in [-0.25, -0.2) is 0 Å². The largest absolute Gasteiger partial charge is 0.462 e. The summed E-state index contributed by atoms with van der Waals surface area (Å²) in [4.78, 5) is 24.0. The van der Waals surface area contributed by atoms with Crippen molar-refractivity contribution in [2.45, 2.75) is 148 Å². The zero-order valence-electron chi connectivity index (χ0n) is 25.3. The summed E-state index contributed by atoms with van der Waals surface area (Å²) in [5.74, 6) is -0.887. The number of aliphatic hydroxyl groups excluding tert-OH is 3. The molecular weight excluding hydrogens is 508 g/mol. The Balaban J connectivity index is 3.94.